The number of aromatic nitrogens is 1. The first-order valence-electron chi connectivity index (χ1n) is 7.92. The van der Waals surface area contributed by atoms with Crippen LogP contribution in [0.4, 0.5) is 8.78 Å². The summed E-state index contributed by atoms with van der Waals surface area (Å²) in [6, 6.07) is 8.19. The van der Waals surface area contributed by atoms with Gasteiger partial charge in [-0.1, -0.05) is 28.1 Å². The highest BCUT2D eigenvalue weighted by atomic mass is 79.9. The summed E-state index contributed by atoms with van der Waals surface area (Å²) in [5.41, 5.74) is -3.34. The van der Waals surface area contributed by atoms with Gasteiger partial charge in [-0.25, -0.2) is 0 Å². The molecule has 0 radical (unpaired) electrons. The number of rotatable bonds is 9. The number of nitrogens with zero attached hydrogens (tertiary/aromatic N) is 1. The Morgan fingerprint density at radius 2 is 1.92 bits per heavy atom. The molecule has 0 saturated heterocycles. The summed E-state index contributed by atoms with van der Waals surface area (Å²) < 4.78 is 52.1. The smallest absolute Gasteiger partial charge is 0.304 e. The fraction of sp³-hybridized carbons (Fsp3) is 0.353. The van der Waals surface area contributed by atoms with Crippen molar-refractivity contribution in [3.05, 3.63) is 58.3 Å². The van der Waals surface area contributed by atoms with Crippen molar-refractivity contribution in [2.24, 2.45) is 0 Å². The van der Waals surface area contributed by atoms with Crippen molar-refractivity contribution in [2.45, 2.75) is 30.2 Å². The standard InChI is InChI=1S/C17H19BrF2NO3PS/c1-3-23-25(22,24-4-2)17(19,20)15-8-7-13(10-16(15)18)12-26-14-6-5-9-21-11-14/h5-11H,3-4,12H2,1-2H3. The van der Waals surface area contributed by atoms with Crippen LogP contribution in [0.15, 0.2) is 52.1 Å². The minimum atomic E-state index is -4.63. The van der Waals surface area contributed by atoms with Crippen LogP contribution in [0.1, 0.15) is 25.0 Å². The van der Waals surface area contributed by atoms with Gasteiger partial charge in [0.1, 0.15) is 0 Å². The second-order valence-electron chi connectivity index (χ2n) is 5.17. The fourth-order valence-electron chi connectivity index (χ4n) is 2.18. The first-order valence-corrected chi connectivity index (χ1v) is 11.2. The van der Waals surface area contributed by atoms with Crippen LogP contribution in [0.5, 0.6) is 0 Å². The minimum absolute atomic E-state index is 0.135. The molecule has 142 valence electrons. The maximum absolute atomic E-state index is 14.9. The summed E-state index contributed by atoms with van der Waals surface area (Å²) >= 11 is 4.71. The van der Waals surface area contributed by atoms with Gasteiger partial charge in [-0.3, -0.25) is 9.55 Å². The molecular formula is C17H19BrF2NO3PS. The van der Waals surface area contributed by atoms with Crippen molar-refractivity contribution in [1.82, 2.24) is 4.98 Å². The molecule has 1 heterocycles. The van der Waals surface area contributed by atoms with Crippen molar-refractivity contribution in [2.75, 3.05) is 13.2 Å². The van der Waals surface area contributed by atoms with Gasteiger partial charge in [0.15, 0.2) is 0 Å². The van der Waals surface area contributed by atoms with E-state index >= 15 is 0 Å². The average molecular weight is 466 g/mol. The van der Waals surface area contributed by atoms with Gasteiger partial charge in [0.2, 0.25) is 0 Å². The van der Waals surface area contributed by atoms with E-state index in [1.54, 1.807) is 36.3 Å². The third-order valence-corrected chi connectivity index (χ3v) is 7.17. The van der Waals surface area contributed by atoms with Gasteiger partial charge in [-0.05, 0) is 37.6 Å². The van der Waals surface area contributed by atoms with Crippen molar-refractivity contribution in [3.63, 3.8) is 0 Å². The maximum atomic E-state index is 14.9. The van der Waals surface area contributed by atoms with Crippen LogP contribution in [0.3, 0.4) is 0 Å². The molecule has 26 heavy (non-hydrogen) atoms. The highest BCUT2D eigenvalue weighted by Gasteiger charge is 2.55. The molecular weight excluding hydrogens is 447 g/mol. The fourth-order valence-corrected chi connectivity index (χ4v) is 5.40. The Hall–Kier alpha value is -0.790. The van der Waals surface area contributed by atoms with Gasteiger partial charge >= 0.3 is 13.3 Å². The molecule has 0 amide bonds. The van der Waals surface area contributed by atoms with Gasteiger partial charge in [-0.2, -0.15) is 8.78 Å². The van der Waals surface area contributed by atoms with Crippen LogP contribution in [0.25, 0.3) is 0 Å². The van der Waals surface area contributed by atoms with Crippen LogP contribution in [-0.2, 0) is 25.0 Å². The zero-order valence-corrected chi connectivity index (χ0v) is 17.6. The van der Waals surface area contributed by atoms with Crippen LogP contribution in [0.2, 0.25) is 0 Å². The third-order valence-electron chi connectivity index (χ3n) is 3.34. The monoisotopic (exact) mass is 465 g/mol. The van der Waals surface area contributed by atoms with Crippen LogP contribution in [0, 0.1) is 0 Å². The molecule has 0 bridgehead atoms. The van der Waals surface area contributed by atoms with Crippen molar-refractivity contribution in [3.8, 4) is 0 Å². The molecule has 2 aromatic rings. The van der Waals surface area contributed by atoms with E-state index in [1.807, 2.05) is 12.1 Å². The minimum Gasteiger partial charge on any atom is -0.304 e. The number of halogens is 3. The zero-order valence-electron chi connectivity index (χ0n) is 14.3. The number of alkyl halides is 2. The number of benzene rings is 1. The van der Waals surface area contributed by atoms with E-state index < -0.39 is 18.8 Å². The number of thioether (sulfide) groups is 1. The Kier molecular flexibility index (Phi) is 7.79. The summed E-state index contributed by atoms with van der Waals surface area (Å²) in [6.45, 7) is 2.72. The van der Waals surface area contributed by atoms with E-state index in [9.17, 15) is 13.3 Å². The van der Waals surface area contributed by atoms with Gasteiger partial charge in [0.05, 0.1) is 13.2 Å². The third kappa shape index (κ3) is 4.93. The molecule has 0 N–H and O–H groups in total. The Morgan fingerprint density at radius 1 is 1.23 bits per heavy atom. The summed E-state index contributed by atoms with van der Waals surface area (Å²) in [5.74, 6) is 0.588. The molecule has 0 spiro atoms. The Morgan fingerprint density at radius 3 is 2.46 bits per heavy atom. The topological polar surface area (TPSA) is 48.4 Å². The Labute approximate surface area is 164 Å². The predicted molar refractivity (Wildman–Crippen MR) is 103 cm³/mol. The lowest BCUT2D eigenvalue weighted by atomic mass is 10.1. The van der Waals surface area contributed by atoms with Crippen LogP contribution >= 0.6 is 35.3 Å². The van der Waals surface area contributed by atoms with Gasteiger partial charge in [0.25, 0.3) is 0 Å². The first-order chi connectivity index (χ1) is 12.3. The molecule has 0 unspecified atom stereocenters. The quantitative estimate of drug-likeness (QED) is 0.314. The molecule has 0 fully saturated rings. The van der Waals surface area contributed by atoms with Crippen LogP contribution in [-0.4, -0.2) is 18.2 Å². The normalized spacial score (nSPS) is 12.3. The molecule has 0 atom stereocenters. The molecule has 0 saturated carbocycles. The largest absolute Gasteiger partial charge is 0.404 e. The van der Waals surface area contributed by atoms with E-state index in [0.717, 1.165) is 10.5 Å². The van der Waals surface area contributed by atoms with E-state index in [4.69, 9.17) is 9.05 Å². The van der Waals surface area contributed by atoms with E-state index in [0.29, 0.717) is 5.75 Å². The van der Waals surface area contributed by atoms with Crippen molar-refractivity contribution in [1.29, 1.82) is 0 Å². The number of pyridine rings is 1. The highest BCUT2D eigenvalue weighted by molar-refractivity contribution is 9.10. The Balaban J connectivity index is 2.23. The molecule has 0 aliphatic carbocycles. The summed E-state index contributed by atoms with van der Waals surface area (Å²) in [6.07, 6.45) is 3.43. The average Bonchev–Trinajstić information content (AvgIpc) is 2.61. The second-order valence-corrected chi connectivity index (χ2v) is 9.14. The van der Waals surface area contributed by atoms with Crippen molar-refractivity contribution < 1.29 is 22.4 Å². The SMILES string of the molecule is CCOP(=O)(OCC)C(F)(F)c1ccc(CSc2cccnc2)cc1Br. The molecule has 2 rings (SSSR count). The lowest BCUT2D eigenvalue weighted by Gasteiger charge is -2.26. The predicted octanol–water partition coefficient (Wildman–Crippen LogP) is 6.45. The maximum Gasteiger partial charge on any atom is 0.404 e. The molecule has 9 heteroatoms. The Bertz CT molecular complexity index is 770. The summed E-state index contributed by atoms with van der Waals surface area (Å²) in [4.78, 5) is 5.02. The number of hydrogen-bond donors (Lipinski definition) is 0. The summed E-state index contributed by atoms with van der Waals surface area (Å²) in [5, 5.41) is 0. The van der Waals surface area contributed by atoms with E-state index in [-0.39, 0.29) is 17.7 Å². The lowest BCUT2D eigenvalue weighted by molar-refractivity contribution is 0.0354. The first kappa shape index (κ1) is 21.5. The molecule has 1 aromatic carbocycles. The molecule has 0 aliphatic heterocycles. The van der Waals surface area contributed by atoms with Gasteiger partial charge < -0.3 is 9.05 Å². The van der Waals surface area contributed by atoms with E-state index in [1.165, 1.54) is 19.9 Å². The van der Waals surface area contributed by atoms with Crippen LogP contribution < -0.4 is 0 Å². The van der Waals surface area contributed by atoms with Gasteiger partial charge in [-0.15, -0.1) is 11.8 Å². The van der Waals surface area contributed by atoms with E-state index in [2.05, 4.69) is 20.9 Å². The highest BCUT2D eigenvalue weighted by Crippen LogP contribution is 2.67. The number of hydrogen-bond acceptors (Lipinski definition) is 5. The second kappa shape index (κ2) is 9.42. The lowest BCUT2D eigenvalue weighted by Crippen LogP contribution is -2.19. The van der Waals surface area contributed by atoms with Crippen molar-refractivity contribution >= 4 is 35.3 Å². The summed E-state index contributed by atoms with van der Waals surface area (Å²) in [7, 11) is -4.63. The van der Waals surface area contributed by atoms with Gasteiger partial charge in [0, 0.05) is 33.1 Å². The molecule has 1 aromatic heterocycles. The molecule has 4 nitrogen and oxygen atoms in total. The molecule has 0 aliphatic rings. The zero-order chi connectivity index (χ0) is 19.2.